The molecule has 10 heteroatoms. The van der Waals surface area contributed by atoms with E-state index in [1.54, 1.807) is 6.07 Å². The number of halogens is 1. The summed E-state index contributed by atoms with van der Waals surface area (Å²) in [7, 11) is 2.13. The smallest absolute Gasteiger partial charge is 0.256 e. The maximum atomic E-state index is 12.9. The highest BCUT2D eigenvalue weighted by Gasteiger charge is 2.17. The molecule has 3 N–H and O–H groups in total. The molecule has 0 spiro atoms. The first-order chi connectivity index (χ1) is 17.4. The second kappa shape index (κ2) is 10.7. The number of carbonyl (C=O) groups excluding carboxylic acids is 2. The van der Waals surface area contributed by atoms with Crippen molar-refractivity contribution in [3.8, 4) is 0 Å². The number of thiophene rings is 1. The maximum Gasteiger partial charge on any atom is 0.256 e. The van der Waals surface area contributed by atoms with Crippen molar-refractivity contribution in [1.29, 1.82) is 0 Å². The molecule has 1 saturated heterocycles. The second-order valence-electron chi connectivity index (χ2n) is 8.90. The SMILES string of the molecule is CN1CCN(c2ccc(C(=O)Nc3[nH]nc4sc(CC(=O)NCc5cccc(Cl)c5)cc34)cc2)CC1. The Morgan fingerprint density at radius 3 is 2.61 bits per heavy atom. The first kappa shape index (κ1) is 24.3. The average molecular weight is 523 g/mol. The van der Waals surface area contributed by atoms with Crippen molar-refractivity contribution in [1.82, 2.24) is 20.4 Å². The zero-order valence-corrected chi connectivity index (χ0v) is 21.5. The van der Waals surface area contributed by atoms with Crippen LogP contribution in [-0.2, 0) is 17.8 Å². The molecular formula is C26H27ClN6O2S. The molecular weight excluding hydrogens is 496 g/mol. The Balaban J connectivity index is 1.19. The average Bonchev–Trinajstić information content (AvgIpc) is 3.44. The van der Waals surface area contributed by atoms with E-state index >= 15 is 0 Å². The molecule has 2 aromatic carbocycles. The Morgan fingerprint density at radius 1 is 1.08 bits per heavy atom. The fourth-order valence-corrected chi connectivity index (χ4v) is 5.39. The molecule has 5 rings (SSSR count). The van der Waals surface area contributed by atoms with Gasteiger partial charge in [0.15, 0.2) is 0 Å². The molecule has 3 heterocycles. The van der Waals surface area contributed by atoms with Crippen LogP contribution >= 0.6 is 22.9 Å². The van der Waals surface area contributed by atoms with Crippen molar-refractivity contribution in [2.24, 2.45) is 0 Å². The van der Waals surface area contributed by atoms with Crippen LogP contribution in [0.4, 0.5) is 11.5 Å². The molecule has 0 radical (unpaired) electrons. The van der Waals surface area contributed by atoms with Crippen LogP contribution in [0.25, 0.3) is 10.2 Å². The van der Waals surface area contributed by atoms with Crippen molar-refractivity contribution in [3.63, 3.8) is 0 Å². The lowest BCUT2D eigenvalue weighted by atomic mass is 10.1. The Labute approximate surface area is 218 Å². The summed E-state index contributed by atoms with van der Waals surface area (Å²) < 4.78 is 0. The van der Waals surface area contributed by atoms with Crippen LogP contribution in [0, 0.1) is 0 Å². The lowest BCUT2D eigenvalue weighted by Gasteiger charge is -2.34. The summed E-state index contributed by atoms with van der Waals surface area (Å²) >= 11 is 7.43. The fraction of sp³-hybridized carbons (Fsp3) is 0.269. The Hall–Kier alpha value is -3.40. The van der Waals surface area contributed by atoms with E-state index in [1.165, 1.54) is 11.3 Å². The summed E-state index contributed by atoms with van der Waals surface area (Å²) in [5.41, 5.74) is 2.64. The molecule has 1 aliphatic heterocycles. The number of nitrogens with zero attached hydrogens (tertiary/aromatic N) is 3. The van der Waals surface area contributed by atoms with Gasteiger partial charge >= 0.3 is 0 Å². The Morgan fingerprint density at radius 2 is 1.86 bits per heavy atom. The molecule has 0 atom stereocenters. The van der Waals surface area contributed by atoms with Gasteiger partial charge in [-0.05, 0) is 55.1 Å². The number of fused-ring (bicyclic) bond motifs is 1. The largest absolute Gasteiger partial charge is 0.369 e. The van der Waals surface area contributed by atoms with Gasteiger partial charge in [0, 0.05) is 53.9 Å². The first-order valence-electron chi connectivity index (χ1n) is 11.8. The van der Waals surface area contributed by atoms with E-state index in [9.17, 15) is 9.59 Å². The summed E-state index contributed by atoms with van der Waals surface area (Å²) in [6.07, 6.45) is 0.239. The van der Waals surface area contributed by atoms with Crippen molar-refractivity contribution in [2.45, 2.75) is 13.0 Å². The number of H-pyrrole nitrogens is 1. The van der Waals surface area contributed by atoms with Crippen molar-refractivity contribution in [2.75, 3.05) is 43.4 Å². The van der Waals surface area contributed by atoms with Crippen LogP contribution < -0.4 is 15.5 Å². The Bertz CT molecular complexity index is 1370. The van der Waals surface area contributed by atoms with Gasteiger partial charge in [0.1, 0.15) is 10.6 Å². The van der Waals surface area contributed by atoms with E-state index in [0.29, 0.717) is 22.9 Å². The van der Waals surface area contributed by atoms with Crippen LogP contribution in [0.1, 0.15) is 20.8 Å². The van der Waals surface area contributed by atoms with Gasteiger partial charge < -0.3 is 20.4 Å². The summed E-state index contributed by atoms with van der Waals surface area (Å²) in [5.74, 6) is 0.228. The molecule has 1 fully saturated rings. The van der Waals surface area contributed by atoms with Gasteiger partial charge in [0.05, 0.1) is 11.8 Å². The standard InChI is InChI=1S/C26H27ClN6O2S/c1-32-9-11-33(12-10-32)20-7-5-18(6-8-20)25(35)29-24-22-14-21(36-26(22)31-30-24)15-23(34)28-16-17-3-2-4-19(27)13-17/h2-8,13-14H,9-12,15-16H2,1H3,(H,28,34)(H2,29,30,31,35). The molecule has 4 aromatic rings. The number of aromatic nitrogens is 2. The first-order valence-corrected chi connectivity index (χ1v) is 13.0. The number of aromatic amines is 1. The van der Waals surface area contributed by atoms with Crippen molar-refractivity contribution >= 4 is 56.5 Å². The third-order valence-electron chi connectivity index (χ3n) is 6.25. The molecule has 8 nitrogen and oxygen atoms in total. The van der Waals surface area contributed by atoms with Crippen LogP contribution in [0.15, 0.2) is 54.6 Å². The van der Waals surface area contributed by atoms with Crippen molar-refractivity contribution in [3.05, 3.63) is 75.6 Å². The van der Waals surface area contributed by atoms with E-state index in [0.717, 1.165) is 52.5 Å². The number of benzene rings is 2. The number of carbonyl (C=O) groups is 2. The molecule has 2 amide bonds. The third kappa shape index (κ3) is 5.70. The van der Waals surface area contributed by atoms with E-state index in [-0.39, 0.29) is 18.2 Å². The number of likely N-dealkylation sites (N-methyl/N-ethyl adjacent to an activating group) is 1. The normalized spacial score (nSPS) is 14.2. The molecule has 1 aliphatic rings. The number of hydrogen-bond donors (Lipinski definition) is 3. The molecule has 0 bridgehead atoms. The minimum Gasteiger partial charge on any atom is -0.369 e. The van der Waals surface area contributed by atoms with Gasteiger partial charge in [-0.25, -0.2) is 0 Å². The monoisotopic (exact) mass is 522 g/mol. The van der Waals surface area contributed by atoms with Crippen LogP contribution in [0.5, 0.6) is 0 Å². The number of anilines is 2. The van der Waals surface area contributed by atoms with Gasteiger partial charge in [0.2, 0.25) is 5.91 Å². The number of rotatable bonds is 7. The van der Waals surface area contributed by atoms with Gasteiger partial charge in [-0.2, -0.15) is 5.10 Å². The minimum atomic E-state index is -0.211. The van der Waals surface area contributed by atoms with E-state index in [4.69, 9.17) is 11.6 Å². The summed E-state index contributed by atoms with van der Waals surface area (Å²) in [6.45, 7) is 4.44. The summed E-state index contributed by atoms with van der Waals surface area (Å²) in [5, 5.41) is 14.5. The molecule has 186 valence electrons. The molecule has 0 saturated carbocycles. The van der Waals surface area contributed by atoms with Gasteiger partial charge in [-0.15, -0.1) is 11.3 Å². The summed E-state index contributed by atoms with van der Waals surface area (Å²) in [6, 6.07) is 17.0. The fourth-order valence-electron chi connectivity index (χ4n) is 4.19. The van der Waals surface area contributed by atoms with Gasteiger partial charge in [-0.3, -0.25) is 14.7 Å². The predicted octanol–water partition coefficient (Wildman–Crippen LogP) is 4.14. The molecule has 2 aromatic heterocycles. The second-order valence-corrected chi connectivity index (χ2v) is 10.5. The lowest BCUT2D eigenvalue weighted by molar-refractivity contribution is -0.120. The number of nitrogens with one attached hydrogen (secondary N) is 3. The lowest BCUT2D eigenvalue weighted by Crippen LogP contribution is -2.44. The highest BCUT2D eigenvalue weighted by atomic mass is 35.5. The zero-order chi connectivity index (χ0) is 25.1. The topological polar surface area (TPSA) is 93.4 Å². The van der Waals surface area contributed by atoms with E-state index in [2.05, 4.69) is 37.7 Å². The minimum absolute atomic E-state index is 0.0890. The highest BCUT2D eigenvalue weighted by molar-refractivity contribution is 7.18. The number of amides is 2. The van der Waals surface area contributed by atoms with Crippen molar-refractivity contribution < 1.29 is 9.59 Å². The van der Waals surface area contributed by atoms with Gasteiger partial charge in [0.25, 0.3) is 5.91 Å². The predicted molar refractivity (Wildman–Crippen MR) is 145 cm³/mol. The Kier molecular flexibility index (Phi) is 7.22. The zero-order valence-electron chi connectivity index (χ0n) is 19.9. The van der Waals surface area contributed by atoms with E-state index < -0.39 is 0 Å². The highest BCUT2D eigenvalue weighted by Crippen LogP contribution is 2.30. The maximum absolute atomic E-state index is 12.9. The van der Waals surface area contributed by atoms with Crippen LogP contribution in [0.2, 0.25) is 5.02 Å². The van der Waals surface area contributed by atoms with Gasteiger partial charge in [-0.1, -0.05) is 23.7 Å². The van der Waals surface area contributed by atoms with Crippen LogP contribution in [0.3, 0.4) is 0 Å². The number of piperazine rings is 1. The molecule has 36 heavy (non-hydrogen) atoms. The number of hydrogen-bond acceptors (Lipinski definition) is 6. The molecule has 0 aliphatic carbocycles. The van der Waals surface area contributed by atoms with E-state index in [1.807, 2.05) is 48.5 Å². The summed E-state index contributed by atoms with van der Waals surface area (Å²) in [4.78, 5) is 31.6. The quantitative estimate of drug-likeness (QED) is 0.339. The van der Waals surface area contributed by atoms with Crippen LogP contribution in [-0.4, -0.2) is 60.1 Å². The molecule has 0 unspecified atom stereocenters. The third-order valence-corrected chi connectivity index (χ3v) is 7.52.